The van der Waals surface area contributed by atoms with Crippen molar-refractivity contribution in [1.29, 1.82) is 0 Å². The number of carbonyl (C=O) groups is 1. The standard InChI is InChI=1S/C20H26N2O3S/c1-13-7-8-15(3)18(11-13)21-19(23)12-22(26(6,24)25)20-16(4)9-14(2)10-17(20)5/h7-11H,12H2,1-6H3,(H,21,23). The van der Waals surface area contributed by atoms with Crippen molar-refractivity contribution in [3.8, 4) is 0 Å². The van der Waals surface area contributed by atoms with E-state index in [4.69, 9.17) is 0 Å². The Morgan fingerprint density at radius 1 is 0.923 bits per heavy atom. The quantitative estimate of drug-likeness (QED) is 0.869. The van der Waals surface area contributed by atoms with Gasteiger partial charge in [0.15, 0.2) is 0 Å². The molecule has 0 aliphatic rings. The van der Waals surface area contributed by atoms with Crippen LogP contribution in [-0.2, 0) is 14.8 Å². The van der Waals surface area contributed by atoms with E-state index in [-0.39, 0.29) is 12.5 Å². The molecule has 0 aliphatic carbocycles. The van der Waals surface area contributed by atoms with Crippen LogP contribution in [0.4, 0.5) is 11.4 Å². The SMILES string of the molecule is Cc1cc(C)c(N(CC(=O)Nc2cc(C)ccc2C)S(C)(=O)=O)c(C)c1. The molecule has 2 rings (SSSR count). The van der Waals surface area contributed by atoms with Gasteiger partial charge in [-0.2, -0.15) is 0 Å². The van der Waals surface area contributed by atoms with E-state index in [1.165, 1.54) is 4.31 Å². The summed E-state index contributed by atoms with van der Waals surface area (Å²) in [6, 6.07) is 9.60. The first-order valence-electron chi connectivity index (χ1n) is 8.41. The third kappa shape index (κ3) is 4.64. The van der Waals surface area contributed by atoms with Gasteiger partial charge in [-0.05, 0) is 62.9 Å². The highest BCUT2D eigenvalue weighted by Gasteiger charge is 2.24. The third-order valence-corrected chi connectivity index (χ3v) is 5.35. The van der Waals surface area contributed by atoms with Crippen LogP contribution in [0.25, 0.3) is 0 Å². The van der Waals surface area contributed by atoms with Gasteiger partial charge in [0.25, 0.3) is 0 Å². The van der Waals surface area contributed by atoms with Crippen molar-refractivity contribution >= 4 is 27.3 Å². The molecule has 2 aromatic rings. The second-order valence-corrected chi connectivity index (χ2v) is 8.79. The van der Waals surface area contributed by atoms with E-state index in [2.05, 4.69) is 5.32 Å². The van der Waals surface area contributed by atoms with Gasteiger partial charge in [-0.25, -0.2) is 8.42 Å². The van der Waals surface area contributed by atoms with Crippen LogP contribution in [0.5, 0.6) is 0 Å². The zero-order valence-corrected chi connectivity index (χ0v) is 17.0. The molecule has 0 saturated carbocycles. The molecule has 6 heteroatoms. The highest BCUT2D eigenvalue weighted by atomic mass is 32.2. The molecular weight excluding hydrogens is 348 g/mol. The molecule has 1 amide bonds. The Labute approximate surface area is 156 Å². The van der Waals surface area contributed by atoms with Crippen molar-refractivity contribution in [2.75, 3.05) is 22.4 Å². The molecule has 1 N–H and O–H groups in total. The average molecular weight is 375 g/mol. The summed E-state index contributed by atoms with van der Waals surface area (Å²) in [5.74, 6) is -0.372. The van der Waals surface area contributed by atoms with Gasteiger partial charge < -0.3 is 5.32 Å². The number of amides is 1. The van der Waals surface area contributed by atoms with E-state index in [0.717, 1.165) is 34.1 Å². The Bertz CT molecular complexity index is 927. The number of benzene rings is 2. The minimum absolute atomic E-state index is 0.267. The maximum atomic E-state index is 12.6. The first kappa shape index (κ1) is 20.0. The second kappa shape index (κ2) is 7.50. The van der Waals surface area contributed by atoms with Crippen molar-refractivity contribution in [2.24, 2.45) is 0 Å². The molecule has 0 fully saturated rings. The molecule has 0 spiro atoms. The largest absolute Gasteiger partial charge is 0.324 e. The van der Waals surface area contributed by atoms with Crippen LogP contribution < -0.4 is 9.62 Å². The van der Waals surface area contributed by atoms with Gasteiger partial charge >= 0.3 is 0 Å². The van der Waals surface area contributed by atoms with Gasteiger partial charge in [0.1, 0.15) is 6.54 Å². The zero-order chi connectivity index (χ0) is 19.6. The van der Waals surface area contributed by atoms with E-state index in [9.17, 15) is 13.2 Å². The molecule has 0 bridgehead atoms. The van der Waals surface area contributed by atoms with Gasteiger partial charge in [0.05, 0.1) is 11.9 Å². The topological polar surface area (TPSA) is 66.5 Å². The number of hydrogen-bond donors (Lipinski definition) is 1. The summed E-state index contributed by atoms with van der Waals surface area (Å²) in [5, 5.41) is 2.83. The van der Waals surface area contributed by atoms with E-state index in [0.29, 0.717) is 11.4 Å². The lowest BCUT2D eigenvalue weighted by Gasteiger charge is -2.26. The van der Waals surface area contributed by atoms with Crippen molar-refractivity contribution in [2.45, 2.75) is 34.6 Å². The molecule has 0 aliphatic heterocycles. The molecule has 140 valence electrons. The average Bonchev–Trinajstić information content (AvgIpc) is 2.48. The van der Waals surface area contributed by atoms with Gasteiger partial charge in [-0.1, -0.05) is 29.8 Å². The highest BCUT2D eigenvalue weighted by Crippen LogP contribution is 2.28. The summed E-state index contributed by atoms with van der Waals surface area (Å²) < 4.78 is 25.9. The van der Waals surface area contributed by atoms with Crippen LogP contribution in [0, 0.1) is 34.6 Å². The van der Waals surface area contributed by atoms with Crippen molar-refractivity contribution in [3.63, 3.8) is 0 Å². The van der Waals surface area contributed by atoms with Crippen LogP contribution in [-0.4, -0.2) is 27.1 Å². The fourth-order valence-corrected chi connectivity index (χ4v) is 4.09. The van der Waals surface area contributed by atoms with Gasteiger partial charge in [-0.3, -0.25) is 9.10 Å². The Morgan fingerprint density at radius 2 is 1.50 bits per heavy atom. The van der Waals surface area contributed by atoms with E-state index < -0.39 is 10.0 Å². The minimum atomic E-state index is -3.61. The number of anilines is 2. The summed E-state index contributed by atoms with van der Waals surface area (Å²) in [7, 11) is -3.61. The van der Waals surface area contributed by atoms with E-state index in [1.807, 2.05) is 65.0 Å². The van der Waals surface area contributed by atoms with Crippen molar-refractivity contribution < 1.29 is 13.2 Å². The monoisotopic (exact) mass is 374 g/mol. The predicted octanol–water partition coefficient (Wildman–Crippen LogP) is 3.63. The van der Waals surface area contributed by atoms with Crippen LogP contribution in [0.2, 0.25) is 0 Å². The number of aryl methyl sites for hydroxylation is 5. The summed E-state index contributed by atoms with van der Waals surface area (Å²) >= 11 is 0. The fraction of sp³-hybridized carbons (Fsp3) is 0.350. The molecule has 0 heterocycles. The summed E-state index contributed by atoms with van der Waals surface area (Å²) in [5.41, 5.74) is 5.92. The van der Waals surface area contributed by atoms with Crippen LogP contribution in [0.3, 0.4) is 0 Å². The molecule has 0 aromatic heterocycles. The normalized spacial score (nSPS) is 11.3. The lowest BCUT2D eigenvalue weighted by Crippen LogP contribution is -2.38. The van der Waals surface area contributed by atoms with Crippen LogP contribution in [0.15, 0.2) is 30.3 Å². The zero-order valence-electron chi connectivity index (χ0n) is 16.2. The maximum Gasteiger partial charge on any atom is 0.245 e. The van der Waals surface area contributed by atoms with Gasteiger partial charge in [-0.15, -0.1) is 0 Å². The van der Waals surface area contributed by atoms with Crippen molar-refractivity contribution in [3.05, 3.63) is 58.1 Å². The van der Waals surface area contributed by atoms with Crippen molar-refractivity contribution in [1.82, 2.24) is 0 Å². The van der Waals surface area contributed by atoms with E-state index >= 15 is 0 Å². The molecule has 0 atom stereocenters. The Morgan fingerprint density at radius 3 is 2.04 bits per heavy atom. The number of hydrogen-bond acceptors (Lipinski definition) is 3. The Kier molecular flexibility index (Phi) is 5.76. The van der Waals surface area contributed by atoms with Gasteiger partial charge in [0.2, 0.25) is 15.9 Å². The molecular formula is C20H26N2O3S. The number of nitrogens with one attached hydrogen (secondary N) is 1. The third-order valence-electron chi connectivity index (χ3n) is 4.24. The number of rotatable bonds is 5. The summed E-state index contributed by atoms with van der Waals surface area (Å²) in [4.78, 5) is 12.6. The number of nitrogens with zero attached hydrogens (tertiary/aromatic N) is 1. The predicted molar refractivity (Wildman–Crippen MR) is 107 cm³/mol. The lowest BCUT2D eigenvalue weighted by molar-refractivity contribution is -0.114. The lowest BCUT2D eigenvalue weighted by atomic mass is 10.1. The highest BCUT2D eigenvalue weighted by molar-refractivity contribution is 7.92. The van der Waals surface area contributed by atoms with Crippen LogP contribution >= 0.6 is 0 Å². The number of carbonyl (C=O) groups excluding carboxylic acids is 1. The Balaban J connectivity index is 2.36. The molecule has 5 nitrogen and oxygen atoms in total. The maximum absolute atomic E-state index is 12.6. The first-order valence-corrected chi connectivity index (χ1v) is 10.3. The molecule has 0 saturated heterocycles. The minimum Gasteiger partial charge on any atom is -0.324 e. The molecule has 26 heavy (non-hydrogen) atoms. The van der Waals surface area contributed by atoms with Crippen LogP contribution in [0.1, 0.15) is 27.8 Å². The van der Waals surface area contributed by atoms with E-state index in [1.54, 1.807) is 0 Å². The summed E-state index contributed by atoms with van der Waals surface area (Å²) in [6.45, 7) is 9.25. The fourth-order valence-electron chi connectivity index (χ4n) is 3.12. The first-order chi connectivity index (χ1) is 12.0. The number of sulfonamides is 1. The Hall–Kier alpha value is -2.34. The molecule has 2 aromatic carbocycles. The smallest absolute Gasteiger partial charge is 0.245 e. The summed E-state index contributed by atoms with van der Waals surface area (Å²) in [6.07, 6.45) is 1.12. The molecule has 0 radical (unpaired) electrons. The second-order valence-electron chi connectivity index (χ2n) is 6.88. The molecule has 0 unspecified atom stereocenters. The van der Waals surface area contributed by atoms with Gasteiger partial charge in [0, 0.05) is 5.69 Å².